The lowest BCUT2D eigenvalue weighted by Gasteiger charge is -2.39. The Labute approximate surface area is 214 Å². The van der Waals surface area contributed by atoms with Crippen molar-refractivity contribution in [3.63, 3.8) is 0 Å². The van der Waals surface area contributed by atoms with Gasteiger partial charge in [-0.3, -0.25) is 4.79 Å². The predicted octanol–water partition coefficient (Wildman–Crippen LogP) is 3.58. The molecule has 2 fully saturated rings. The van der Waals surface area contributed by atoms with Crippen LogP contribution in [0.5, 0.6) is 11.5 Å². The van der Waals surface area contributed by atoms with Crippen LogP contribution in [0.3, 0.4) is 0 Å². The van der Waals surface area contributed by atoms with Crippen LogP contribution in [0.1, 0.15) is 38.2 Å². The number of carbonyl (C=O) groups excluding carboxylic acids is 1. The van der Waals surface area contributed by atoms with Crippen molar-refractivity contribution in [2.75, 3.05) is 58.4 Å². The molecule has 196 valence electrons. The van der Waals surface area contributed by atoms with E-state index in [2.05, 4.69) is 4.90 Å². The lowest BCUT2D eigenvalue weighted by molar-refractivity contribution is -0.137. The first-order valence-electron chi connectivity index (χ1n) is 12.6. The zero-order valence-electron chi connectivity index (χ0n) is 21.6. The third-order valence-electron chi connectivity index (χ3n) is 7.23. The van der Waals surface area contributed by atoms with Crippen LogP contribution in [0.25, 0.3) is 0 Å². The molecule has 2 aliphatic rings. The van der Waals surface area contributed by atoms with Crippen molar-refractivity contribution >= 4 is 21.6 Å². The number of piperazine rings is 1. The highest BCUT2D eigenvalue weighted by Gasteiger charge is 2.37. The van der Waals surface area contributed by atoms with E-state index in [4.69, 9.17) is 9.47 Å². The second kappa shape index (κ2) is 11.1. The number of piperidine rings is 1. The quantitative estimate of drug-likeness (QED) is 0.561. The molecular formula is C27H37N3O5S. The van der Waals surface area contributed by atoms with Crippen LogP contribution in [0, 0.1) is 5.92 Å². The van der Waals surface area contributed by atoms with Gasteiger partial charge < -0.3 is 19.3 Å². The average Bonchev–Trinajstić information content (AvgIpc) is 2.92. The summed E-state index contributed by atoms with van der Waals surface area (Å²) >= 11 is 0. The van der Waals surface area contributed by atoms with Crippen molar-refractivity contribution in [2.45, 2.75) is 37.5 Å². The summed E-state index contributed by atoms with van der Waals surface area (Å²) in [6.07, 6.45) is 1.36. The van der Waals surface area contributed by atoms with Crippen LogP contribution in [0.4, 0.5) is 5.69 Å². The first kappa shape index (κ1) is 26.3. The number of ether oxygens (including phenoxy) is 2. The second-order valence-corrected chi connectivity index (χ2v) is 11.7. The fourth-order valence-electron chi connectivity index (χ4n) is 4.99. The summed E-state index contributed by atoms with van der Waals surface area (Å²) in [5.41, 5.74) is 2.05. The van der Waals surface area contributed by atoms with Crippen molar-refractivity contribution in [3.05, 3.63) is 48.0 Å². The number of amides is 1. The number of nitrogens with zero attached hydrogens (tertiary/aromatic N) is 3. The smallest absolute Gasteiger partial charge is 0.246 e. The number of methoxy groups -OCH3 is 2. The molecule has 0 unspecified atom stereocenters. The summed E-state index contributed by atoms with van der Waals surface area (Å²) in [4.78, 5) is 17.7. The van der Waals surface area contributed by atoms with Gasteiger partial charge in [-0.25, -0.2) is 8.42 Å². The van der Waals surface area contributed by atoms with Gasteiger partial charge in [0.05, 0.1) is 20.1 Å². The zero-order chi connectivity index (χ0) is 25.9. The van der Waals surface area contributed by atoms with E-state index in [1.54, 1.807) is 19.2 Å². The predicted molar refractivity (Wildman–Crippen MR) is 140 cm³/mol. The molecule has 2 aliphatic heterocycles. The Balaban J connectivity index is 1.42. The van der Waals surface area contributed by atoms with Gasteiger partial charge in [0.25, 0.3) is 0 Å². The average molecular weight is 516 g/mol. The van der Waals surface area contributed by atoms with E-state index in [0.717, 1.165) is 30.1 Å². The van der Waals surface area contributed by atoms with E-state index >= 15 is 0 Å². The molecule has 0 N–H and O–H groups in total. The number of rotatable bonds is 7. The number of anilines is 1. The molecule has 2 aromatic carbocycles. The summed E-state index contributed by atoms with van der Waals surface area (Å²) in [7, 11) is -0.657. The van der Waals surface area contributed by atoms with Gasteiger partial charge in [-0.1, -0.05) is 19.9 Å². The highest BCUT2D eigenvalue weighted by Crippen LogP contribution is 2.33. The first-order chi connectivity index (χ1) is 17.2. The van der Waals surface area contributed by atoms with Crippen molar-refractivity contribution in [1.29, 1.82) is 0 Å². The zero-order valence-corrected chi connectivity index (χ0v) is 22.5. The van der Waals surface area contributed by atoms with Crippen molar-refractivity contribution in [2.24, 2.45) is 5.92 Å². The van der Waals surface area contributed by atoms with Crippen molar-refractivity contribution in [1.82, 2.24) is 9.21 Å². The Hall–Kier alpha value is -2.78. The first-order valence-corrected chi connectivity index (χ1v) is 14.0. The Bertz CT molecular complexity index is 1160. The van der Waals surface area contributed by atoms with Gasteiger partial charge in [0, 0.05) is 45.0 Å². The minimum Gasteiger partial charge on any atom is -0.497 e. The molecule has 0 radical (unpaired) electrons. The van der Waals surface area contributed by atoms with Crippen LogP contribution in [0.15, 0.2) is 47.4 Å². The number of carbonyl (C=O) groups is 1. The molecule has 9 heteroatoms. The van der Waals surface area contributed by atoms with E-state index in [1.165, 1.54) is 11.4 Å². The highest BCUT2D eigenvalue weighted by atomic mass is 32.2. The molecule has 0 aliphatic carbocycles. The Morgan fingerprint density at radius 2 is 1.64 bits per heavy atom. The molecule has 0 spiro atoms. The van der Waals surface area contributed by atoms with Gasteiger partial charge in [-0.2, -0.15) is 4.31 Å². The van der Waals surface area contributed by atoms with Gasteiger partial charge in [-0.15, -0.1) is 0 Å². The summed E-state index contributed by atoms with van der Waals surface area (Å²) < 4.78 is 39.4. The van der Waals surface area contributed by atoms with Crippen LogP contribution >= 0.6 is 0 Å². The summed E-state index contributed by atoms with van der Waals surface area (Å²) in [5, 5.41) is 0. The lowest BCUT2D eigenvalue weighted by atomic mass is 9.97. The van der Waals surface area contributed by atoms with E-state index in [9.17, 15) is 13.2 Å². The standard InChI is InChI=1S/C27H37N3O5S/c1-20(2)21-7-12-25(35-4)26(18-21)36(32,33)30-13-5-6-22(19-30)27(31)29-16-14-28(15-17-29)23-8-10-24(34-3)11-9-23/h7-12,18,20,22H,5-6,13-17,19H2,1-4H3/t22-/m1/s1. The molecule has 2 aromatic rings. The largest absolute Gasteiger partial charge is 0.497 e. The molecule has 0 saturated carbocycles. The maximum absolute atomic E-state index is 13.6. The van der Waals surface area contributed by atoms with Crippen LogP contribution < -0.4 is 14.4 Å². The van der Waals surface area contributed by atoms with Crippen LogP contribution in [-0.4, -0.2) is 77.0 Å². The fourth-order valence-corrected chi connectivity index (χ4v) is 6.71. The van der Waals surface area contributed by atoms with E-state index < -0.39 is 10.0 Å². The Morgan fingerprint density at radius 3 is 2.25 bits per heavy atom. The molecule has 2 heterocycles. The molecular weight excluding hydrogens is 478 g/mol. The maximum atomic E-state index is 13.6. The summed E-state index contributed by atoms with van der Waals surface area (Å²) in [5.74, 6) is 1.06. The van der Waals surface area contributed by atoms with Gasteiger partial charge in [0.15, 0.2) is 0 Å². The number of hydrogen-bond acceptors (Lipinski definition) is 6. The minimum absolute atomic E-state index is 0.0483. The number of hydrogen-bond donors (Lipinski definition) is 0. The van der Waals surface area contributed by atoms with Gasteiger partial charge >= 0.3 is 0 Å². The molecule has 2 saturated heterocycles. The SMILES string of the molecule is COc1ccc(N2CCN(C(=O)[C@@H]3CCCN(S(=O)(=O)c4cc(C(C)C)ccc4OC)C3)CC2)cc1. The summed E-state index contributed by atoms with van der Waals surface area (Å²) in [6.45, 7) is 7.40. The second-order valence-electron chi connectivity index (χ2n) is 9.78. The summed E-state index contributed by atoms with van der Waals surface area (Å²) in [6, 6.07) is 13.3. The van der Waals surface area contributed by atoms with Crippen molar-refractivity contribution in [3.8, 4) is 11.5 Å². The molecule has 8 nitrogen and oxygen atoms in total. The van der Waals surface area contributed by atoms with E-state index in [0.29, 0.717) is 38.2 Å². The monoisotopic (exact) mass is 515 g/mol. The fraction of sp³-hybridized carbons (Fsp3) is 0.519. The Morgan fingerprint density at radius 1 is 0.944 bits per heavy atom. The molecule has 4 rings (SSSR count). The topological polar surface area (TPSA) is 79.4 Å². The third kappa shape index (κ3) is 5.47. The minimum atomic E-state index is -3.79. The van der Waals surface area contributed by atoms with Crippen LogP contribution in [0.2, 0.25) is 0 Å². The molecule has 0 bridgehead atoms. The highest BCUT2D eigenvalue weighted by molar-refractivity contribution is 7.89. The molecule has 0 aromatic heterocycles. The van der Waals surface area contributed by atoms with Crippen molar-refractivity contribution < 1.29 is 22.7 Å². The lowest BCUT2D eigenvalue weighted by Crippen LogP contribution is -2.53. The molecule has 1 amide bonds. The molecule has 1 atom stereocenters. The van der Waals surface area contributed by atoms with E-state index in [-0.39, 0.29) is 29.2 Å². The van der Waals surface area contributed by atoms with Crippen LogP contribution in [-0.2, 0) is 14.8 Å². The van der Waals surface area contributed by atoms with Gasteiger partial charge in [0.2, 0.25) is 15.9 Å². The van der Waals surface area contributed by atoms with Gasteiger partial charge in [0.1, 0.15) is 16.4 Å². The Kier molecular flexibility index (Phi) is 8.10. The number of benzene rings is 2. The van der Waals surface area contributed by atoms with Gasteiger partial charge in [-0.05, 0) is 60.7 Å². The maximum Gasteiger partial charge on any atom is 0.246 e. The normalized spacial score (nSPS) is 19.4. The van der Waals surface area contributed by atoms with E-state index in [1.807, 2.05) is 49.1 Å². The molecule has 36 heavy (non-hydrogen) atoms. The third-order valence-corrected chi connectivity index (χ3v) is 9.12. The number of sulfonamides is 1.